The van der Waals surface area contributed by atoms with Gasteiger partial charge < -0.3 is 10.1 Å². The smallest absolute Gasteiger partial charge is 0.242 e. The summed E-state index contributed by atoms with van der Waals surface area (Å²) in [5.74, 6) is 0.874. The molecular weight excluding hydrogens is 386 g/mol. The maximum absolute atomic E-state index is 12.5. The highest BCUT2D eigenvalue weighted by Gasteiger charge is 2.37. The molecule has 2 aromatic carbocycles. The van der Waals surface area contributed by atoms with Crippen molar-refractivity contribution in [1.29, 1.82) is 0 Å². The van der Waals surface area contributed by atoms with Crippen molar-refractivity contribution in [2.75, 3.05) is 19.5 Å². The van der Waals surface area contributed by atoms with Crippen molar-refractivity contribution in [3.05, 3.63) is 54.1 Å². The Labute approximate surface area is 175 Å². The van der Waals surface area contributed by atoms with Gasteiger partial charge in [-0.2, -0.15) is 0 Å². The standard InChI is InChI=1S/C22H25N3O3S/c1-14(2)15-5-7-16(8-6-15)23-20(26)13-19-21(27)25(3)22(29-19)24-17-9-11-18(28-4)12-10-17/h5-12,14,19H,13H2,1-4H3,(H,23,26)/t19-/m1/s1. The Morgan fingerprint density at radius 2 is 1.83 bits per heavy atom. The lowest BCUT2D eigenvalue weighted by Crippen LogP contribution is -2.30. The molecule has 2 aromatic rings. The second-order valence-electron chi connectivity index (χ2n) is 7.13. The first-order chi connectivity index (χ1) is 13.9. The summed E-state index contributed by atoms with van der Waals surface area (Å²) in [6.07, 6.45) is 0.0986. The van der Waals surface area contributed by atoms with Crippen LogP contribution in [0.25, 0.3) is 0 Å². The molecule has 0 spiro atoms. The Hall–Kier alpha value is -2.80. The van der Waals surface area contributed by atoms with Crippen LogP contribution in [0, 0.1) is 0 Å². The van der Waals surface area contributed by atoms with Gasteiger partial charge >= 0.3 is 0 Å². The molecular formula is C22H25N3O3S. The number of aliphatic imine (C=N–C) groups is 1. The lowest BCUT2D eigenvalue weighted by atomic mass is 10.0. The molecule has 1 aliphatic rings. The molecule has 1 fully saturated rings. The predicted molar refractivity (Wildman–Crippen MR) is 118 cm³/mol. The van der Waals surface area contributed by atoms with Gasteiger partial charge in [0.25, 0.3) is 0 Å². The zero-order valence-corrected chi connectivity index (χ0v) is 17.8. The van der Waals surface area contributed by atoms with Crippen LogP contribution in [-0.2, 0) is 9.59 Å². The van der Waals surface area contributed by atoms with Gasteiger partial charge in [0, 0.05) is 19.2 Å². The lowest BCUT2D eigenvalue weighted by Gasteiger charge is -2.10. The largest absolute Gasteiger partial charge is 0.497 e. The number of carbonyl (C=O) groups is 2. The van der Waals surface area contributed by atoms with Crippen molar-refractivity contribution >= 4 is 40.1 Å². The average Bonchev–Trinajstić information content (AvgIpc) is 2.96. The van der Waals surface area contributed by atoms with Gasteiger partial charge in [0.15, 0.2) is 5.17 Å². The molecule has 7 heteroatoms. The molecule has 0 saturated carbocycles. The molecule has 1 saturated heterocycles. The summed E-state index contributed by atoms with van der Waals surface area (Å²) in [6, 6.07) is 15.1. The number of amidine groups is 1. The van der Waals surface area contributed by atoms with Gasteiger partial charge in [-0.3, -0.25) is 14.5 Å². The summed E-state index contributed by atoms with van der Waals surface area (Å²) in [7, 11) is 3.29. The molecule has 0 unspecified atom stereocenters. The molecule has 29 heavy (non-hydrogen) atoms. The van der Waals surface area contributed by atoms with E-state index in [0.717, 1.165) is 17.1 Å². The van der Waals surface area contributed by atoms with Crippen LogP contribution in [0.3, 0.4) is 0 Å². The molecule has 1 aliphatic heterocycles. The van der Waals surface area contributed by atoms with E-state index in [9.17, 15) is 9.59 Å². The quantitative estimate of drug-likeness (QED) is 0.764. The highest BCUT2D eigenvalue weighted by atomic mass is 32.2. The van der Waals surface area contributed by atoms with Gasteiger partial charge in [0.1, 0.15) is 11.0 Å². The second kappa shape index (κ2) is 9.13. The molecule has 152 valence electrons. The minimum Gasteiger partial charge on any atom is -0.497 e. The molecule has 1 atom stereocenters. The Morgan fingerprint density at radius 3 is 2.41 bits per heavy atom. The molecule has 0 aromatic heterocycles. The Bertz CT molecular complexity index is 908. The molecule has 0 aliphatic carbocycles. The zero-order chi connectivity index (χ0) is 21.0. The van der Waals surface area contributed by atoms with Crippen LogP contribution >= 0.6 is 11.8 Å². The Balaban J connectivity index is 1.62. The third kappa shape index (κ3) is 5.17. The van der Waals surface area contributed by atoms with Crippen molar-refractivity contribution in [1.82, 2.24) is 4.90 Å². The third-order valence-electron chi connectivity index (χ3n) is 4.67. The van der Waals surface area contributed by atoms with E-state index in [4.69, 9.17) is 4.74 Å². The van der Waals surface area contributed by atoms with Crippen LogP contribution in [0.1, 0.15) is 31.7 Å². The number of nitrogens with zero attached hydrogens (tertiary/aromatic N) is 2. The lowest BCUT2D eigenvalue weighted by molar-refractivity contribution is -0.127. The maximum Gasteiger partial charge on any atom is 0.242 e. The topological polar surface area (TPSA) is 71.0 Å². The van der Waals surface area contributed by atoms with E-state index < -0.39 is 5.25 Å². The fourth-order valence-electron chi connectivity index (χ4n) is 2.90. The number of nitrogens with one attached hydrogen (secondary N) is 1. The van der Waals surface area contributed by atoms with Crippen molar-refractivity contribution in [2.24, 2.45) is 4.99 Å². The first kappa shape index (κ1) is 20.9. The van der Waals surface area contributed by atoms with Gasteiger partial charge in [0.05, 0.1) is 12.8 Å². The van der Waals surface area contributed by atoms with Crippen LogP contribution in [0.2, 0.25) is 0 Å². The Morgan fingerprint density at radius 1 is 1.17 bits per heavy atom. The highest BCUT2D eigenvalue weighted by Crippen LogP contribution is 2.31. The van der Waals surface area contributed by atoms with Gasteiger partial charge in [-0.05, 0) is 47.9 Å². The van der Waals surface area contributed by atoms with E-state index in [-0.39, 0.29) is 18.2 Å². The van der Waals surface area contributed by atoms with E-state index in [1.54, 1.807) is 14.2 Å². The van der Waals surface area contributed by atoms with Gasteiger partial charge in [-0.25, -0.2) is 4.99 Å². The van der Waals surface area contributed by atoms with Gasteiger partial charge in [-0.1, -0.05) is 37.7 Å². The number of thioether (sulfide) groups is 1. The molecule has 3 rings (SSSR count). The number of anilines is 1. The van der Waals surface area contributed by atoms with Gasteiger partial charge in [-0.15, -0.1) is 0 Å². The van der Waals surface area contributed by atoms with Crippen molar-refractivity contribution in [2.45, 2.75) is 31.4 Å². The molecule has 2 amide bonds. The zero-order valence-electron chi connectivity index (χ0n) is 17.0. The fourth-order valence-corrected chi connectivity index (χ4v) is 4.05. The van der Waals surface area contributed by atoms with E-state index in [2.05, 4.69) is 24.2 Å². The van der Waals surface area contributed by atoms with Crippen LogP contribution in [0.5, 0.6) is 5.75 Å². The molecule has 1 heterocycles. The molecule has 6 nitrogen and oxygen atoms in total. The first-order valence-corrected chi connectivity index (χ1v) is 10.3. The summed E-state index contributed by atoms with van der Waals surface area (Å²) in [4.78, 5) is 31.0. The number of ether oxygens (including phenoxy) is 1. The van der Waals surface area contributed by atoms with Crippen LogP contribution < -0.4 is 10.1 Å². The summed E-state index contributed by atoms with van der Waals surface area (Å²) in [5.41, 5.74) is 2.67. The second-order valence-corrected chi connectivity index (χ2v) is 8.30. The number of hydrogen-bond donors (Lipinski definition) is 1. The number of carbonyl (C=O) groups excluding carboxylic acids is 2. The molecule has 1 N–H and O–H groups in total. The number of methoxy groups -OCH3 is 1. The van der Waals surface area contributed by atoms with E-state index >= 15 is 0 Å². The number of benzene rings is 2. The van der Waals surface area contributed by atoms with E-state index in [1.807, 2.05) is 48.5 Å². The SMILES string of the molecule is COc1ccc(N=C2S[C@H](CC(=O)Nc3ccc(C(C)C)cc3)C(=O)N2C)cc1. The summed E-state index contributed by atoms with van der Waals surface area (Å²) in [5, 5.41) is 2.97. The molecule has 0 bridgehead atoms. The highest BCUT2D eigenvalue weighted by molar-refractivity contribution is 8.15. The minimum atomic E-state index is -0.480. The van der Waals surface area contributed by atoms with Crippen LogP contribution in [0.15, 0.2) is 53.5 Å². The van der Waals surface area contributed by atoms with Crippen LogP contribution in [-0.4, -0.2) is 41.3 Å². The van der Waals surface area contributed by atoms with Crippen molar-refractivity contribution in [3.8, 4) is 5.75 Å². The number of amides is 2. The van der Waals surface area contributed by atoms with Gasteiger partial charge in [0.2, 0.25) is 11.8 Å². The van der Waals surface area contributed by atoms with E-state index in [0.29, 0.717) is 11.1 Å². The number of rotatable bonds is 6. The summed E-state index contributed by atoms with van der Waals surface area (Å²) >= 11 is 1.31. The summed E-state index contributed by atoms with van der Waals surface area (Å²) in [6.45, 7) is 4.25. The average molecular weight is 412 g/mol. The molecule has 0 radical (unpaired) electrons. The predicted octanol–water partition coefficient (Wildman–Crippen LogP) is 4.41. The van der Waals surface area contributed by atoms with Crippen molar-refractivity contribution in [3.63, 3.8) is 0 Å². The van der Waals surface area contributed by atoms with E-state index in [1.165, 1.54) is 22.2 Å². The normalized spacial score (nSPS) is 17.8. The van der Waals surface area contributed by atoms with Crippen LogP contribution in [0.4, 0.5) is 11.4 Å². The Kier molecular flexibility index (Phi) is 6.59. The minimum absolute atomic E-state index is 0.0986. The van der Waals surface area contributed by atoms with Crippen molar-refractivity contribution < 1.29 is 14.3 Å². The summed E-state index contributed by atoms with van der Waals surface area (Å²) < 4.78 is 5.14. The first-order valence-electron chi connectivity index (χ1n) is 9.44. The number of hydrogen-bond acceptors (Lipinski definition) is 5. The fraction of sp³-hybridized carbons (Fsp3) is 0.318. The third-order valence-corrected chi connectivity index (χ3v) is 5.90. The monoisotopic (exact) mass is 411 g/mol. The maximum atomic E-state index is 12.5.